The van der Waals surface area contributed by atoms with Crippen molar-refractivity contribution in [3.05, 3.63) is 34.3 Å². The molecule has 3 nitrogen and oxygen atoms in total. The van der Waals surface area contributed by atoms with Gasteiger partial charge in [0.2, 0.25) is 0 Å². The van der Waals surface area contributed by atoms with E-state index in [4.69, 9.17) is 11.6 Å². The molecule has 92 valence electrons. The number of rotatable bonds is 1. The highest BCUT2D eigenvalue weighted by Gasteiger charge is 2.34. The van der Waals surface area contributed by atoms with Gasteiger partial charge in [-0.15, -0.1) is 0 Å². The fraction of sp³-hybridized carbons (Fsp3) is 0.300. The topological polar surface area (TPSA) is 38.3 Å². The van der Waals surface area contributed by atoms with Crippen LogP contribution in [-0.2, 0) is 10.9 Å². The Balaban J connectivity index is 2.28. The Hall–Kier alpha value is -1.43. The Bertz CT molecular complexity index is 461. The molecule has 0 unspecified atom stereocenters. The predicted molar refractivity (Wildman–Crippen MR) is 53.7 cm³/mol. The van der Waals surface area contributed by atoms with Gasteiger partial charge in [-0.05, 0) is 17.7 Å². The first-order valence-electron chi connectivity index (χ1n) is 4.68. The molecule has 1 saturated heterocycles. The summed E-state index contributed by atoms with van der Waals surface area (Å²) in [5, 5.41) is 2.06. The molecule has 1 aliphatic rings. The van der Waals surface area contributed by atoms with Gasteiger partial charge in [0.15, 0.2) is 0 Å². The van der Waals surface area contributed by atoms with E-state index in [0.29, 0.717) is 5.56 Å². The highest BCUT2D eigenvalue weighted by atomic mass is 35.5. The van der Waals surface area contributed by atoms with E-state index in [1.807, 2.05) is 0 Å². The summed E-state index contributed by atoms with van der Waals surface area (Å²) < 4.78 is 42.0. The van der Waals surface area contributed by atoms with E-state index in [0.717, 1.165) is 6.07 Å². The molecule has 2 rings (SSSR count). The second-order valence-corrected chi connectivity index (χ2v) is 3.94. The summed E-state index contributed by atoms with van der Waals surface area (Å²) in [6.45, 7) is 0.0839. The number of alkyl halides is 3. The fourth-order valence-electron chi connectivity index (χ4n) is 1.54. The summed E-state index contributed by atoms with van der Waals surface area (Å²) in [6.07, 6.45) is -5.07. The van der Waals surface area contributed by atoms with Crippen LogP contribution in [0.4, 0.5) is 18.0 Å². The van der Waals surface area contributed by atoms with Gasteiger partial charge in [-0.1, -0.05) is 17.7 Å². The van der Waals surface area contributed by atoms with Crippen molar-refractivity contribution >= 4 is 17.7 Å². The first-order valence-corrected chi connectivity index (χ1v) is 5.05. The van der Waals surface area contributed by atoms with Gasteiger partial charge in [0.05, 0.1) is 16.6 Å². The summed E-state index contributed by atoms with van der Waals surface area (Å²) >= 11 is 5.56. The third-order valence-electron chi connectivity index (χ3n) is 2.37. The van der Waals surface area contributed by atoms with Gasteiger partial charge in [0, 0.05) is 0 Å². The van der Waals surface area contributed by atoms with Crippen molar-refractivity contribution in [2.45, 2.75) is 12.2 Å². The predicted octanol–water partition coefficient (Wildman–Crippen LogP) is 3.14. The molecule has 1 fully saturated rings. The van der Waals surface area contributed by atoms with Crippen molar-refractivity contribution in [3.63, 3.8) is 0 Å². The van der Waals surface area contributed by atoms with E-state index in [9.17, 15) is 18.0 Å². The van der Waals surface area contributed by atoms with Gasteiger partial charge in [0.25, 0.3) is 0 Å². The Morgan fingerprint density at radius 1 is 1.41 bits per heavy atom. The lowest BCUT2D eigenvalue weighted by atomic mass is 10.1. The lowest BCUT2D eigenvalue weighted by molar-refractivity contribution is -0.137. The fourth-order valence-corrected chi connectivity index (χ4v) is 1.84. The SMILES string of the molecule is O=C1N[C@H](c2ccc(C(F)(F)F)c(Cl)c2)CO1. The first-order chi connectivity index (χ1) is 7.88. The van der Waals surface area contributed by atoms with E-state index in [-0.39, 0.29) is 6.61 Å². The first kappa shape index (κ1) is 12.0. The summed E-state index contributed by atoms with van der Waals surface area (Å²) in [5.74, 6) is 0. The molecule has 0 bridgehead atoms. The molecule has 0 aliphatic carbocycles. The monoisotopic (exact) mass is 265 g/mol. The van der Waals surface area contributed by atoms with Crippen LogP contribution in [-0.4, -0.2) is 12.7 Å². The van der Waals surface area contributed by atoms with Crippen LogP contribution in [0, 0.1) is 0 Å². The molecule has 1 aliphatic heterocycles. The highest BCUT2D eigenvalue weighted by molar-refractivity contribution is 6.31. The van der Waals surface area contributed by atoms with Gasteiger partial charge >= 0.3 is 12.3 Å². The Morgan fingerprint density at radius 3 is 2.59 bits per heavy atom. The van der Waals surface area contributed by atoms with E-state index in [1.54, 1.807) is 0 Å². The number of benzene rings is 1. The number of nitrogens with one attached hydrogen (secondary N) is 1. The maximum absolute atomic E-state index is 12.4. The molecule has 1 amide bonds. The van der Waals surface area contributed by atoms with Gasteiger partial charge < -0.3 is 10.1 Å². The molecular weight excluding hydrogens is 259 g/mol. The van der Waals surface area contributed by atoms with Crippen LogP contribution < -0.4 is 5.32 Å². The standard InChI is InChI=1S/C10H7ClF3NO2/c11-7-3-5(8-4-17-9(16)15-8)1-2-6(7)10(12,13)14/h1-3,8H,4H2,(H,15,16)/t8-/m0/s1. The minimum atomic E-state index is -4.48. The number of alkyl carbamates (subject to hydrolysis) is 1. The molecule has 1 atom stereocenters. The lowest BCUT2D eigenvalue weighted by Crippen LogP contribution is -2.18. The number of carbonyl (C=O) groups excluding carboxylic acids is 1. The van der Waals surface area contributed by atoms with Crippen LogP contribution in [0.3, 0.4) is 0 Å². The summed E-state index contributed by atoms with van der Waals surface area (Å²) in [7, 11) is 0. The van der Waals surface area contributed by atoms with E-state index in [1.165, 1.54) is 12.1 Å². The molecule has 17 heavy (non-hydrogen) atoms. The number of amides is 1. The van der Waals surface area contributed by atoms with Gasteiger partial charge in [-0.2, -0.15) is 13.2 Å². The molecule has 7 heteroatoms. The number of halogens is 4. The number of hydrogen-bond acceptors (Lipinski definition) is 2. The minimum absolute atomic E-state index is 0.0839. The van der Waals surface area contributed by atoms with E-state index in [2.05, 4.69) is 10.1 Å². The Kier molecular flexibility index (Phi) is 2.91. The average Bonchev–Trinajstić information content (AvgIpc) is 2.62. The largest absolute Gasteiger partial charge is 0.447 e. The second kappa shape index (κ2) is 4.10. The van der Waals surface area contributed by atoms with Crippen molar-refractivity contribution in [2.24, 2.45) is 0 Å². The maximum atomic E-state index is 12.4. The number of ether oxygens (including phenoxy) is 1. The number of cyclic esters (lactones) is 1. The van der Waals surface area contributed by atoms with Gasteiger partial charge in [-0.3, -0.25) is 0 Å². The Morgan fingerprint density at radius 2 is 2.12 bits per heavy atom. The zero-order valence-electron chi connectivity index (χ0n) is 8.34. The minimum Gasteiger partial charge on any atom is -0.447 e. The number of hydrogen-bond donors (Lipinski definition) is 1. The van der Waals surface area contributed by atoms with Crippen LogP contribution in [0.15, 0.2) is 18.2 Å². The summed E-state index contributed by atoms with van der Waals surface area (Å²) in [5.41, 5.74) is -0.415. The Labute approximate surface area is 99.5 Å². The molecular formula is C10H7ClF3NO2. The molecule has 0 saturated carbocycles. The van der Waals surface area contributed by atoms with Gasteiger partial charge in [0.1, 0.15) is 6.61 Å². The van der Waals surface area contributed by atoms with E-state index < -0.39 is 28.9 Å². The van der Waals surface area contributed by atoms with Crippen LogP contribution >= 0.6 is 11.6 Å². The van der Waals surface area contributed by atoms with Crippen LogP contribution in [0.2, 0.25) is 5.02 Å². The quantitative estimate of drug-likeness (QED) is 0.847. The summed E-state index contributed by atoms with van der Waals surface area (Å²) in [6, 6.07) is 2.89. The molecule has 1 aromatic carbocycles. The molecule has 0 aromatic heterocycles. The third-order valence-corrected chi connectivity index (χ3v) is 2.69. The van der Waals surface area contributed by atoms with Crippen LogP contribution in [0.25, 0.3) is 0 Å². The molecule has 1 heterocycles. The molecule has 1 N–H and O–H groups in total. The van der Waals surface area contributed by atoms with Crippen molar-refractivity contribution < 1.29 is 22.7 Å². The number of carbonyl (C=O) groups is 1. The lowest BCUT2D eigenvalue weighted by Gasteiger charge is -2.12. The smallest absolute Gasteiger partial charge is 0.417 e. The highest BCUT2D eigenvalue weighted by Crippen LogP contribution is 2.36. The van der Waals surface area contributed by atoms with Crippen molar-refractivity contribution in [3.8, 4) is 0 Å². The zero-order chi connectivity index (χ0) is 12.6. The van der Waals surface area contributed by atoms with E-state index >= 15 is 0 Å². The van der Waals surface area contributed by atoms with Crippen LogP contribution in [0.1, 0.15) is 17.2 Å². The van der Waals surface area contributed by atoms with Crippen molar-refractivity contribution in [2.75, 3.05) is 6.61 Å². The maximum Gasteiger partial charge on any atom is 0.417 e. The molecule has 1 aromatic rings. The third kappa shape index (κ3) is 2.46. The normalized spacial score (nSPS) is 20.0. The van der Waals surface area contributed by atoms with Crippen LogP contribution in [0.5, 0.6) is 0 Å². The summed E-state index contributed by atoms with van der Waals surface area (Å²) in [4.78, 5) is 10.8. The molecule has 0 spiro atoms. The molecule has 0 radical (unpaired) electrons. The van der Waals surface area contributed by atoms with Gasteiger partial charge in [-0.25, -0.2) is 4.79 Å². The van der Waals surface area contributed by atoms with Crippen molar-refractivity contribution in [1.29, 1.82) is 0 Å². The van der Waals surface area contributed by atoms with Crippen molar-refractivity contribution in [1.82, 2.24) is 5.32 Å². The zero-order valence-corrected chi connectivity index (χ0v) is 9.10. The second-order valence-electron chi connectivity index (χ2n) is 3.53. The average molecular weight is 266 g/mol.